The second kappa shape index (κ2) is 5.81. The fourth-order valence-electron chi connectivity index (χ4n) is 2.90. The average Bonchev–Trinajstić information content (AvgIpc) is 3.31. The summed E-state index contributed by atoms with van der Waals surface area (Å²) >= 11 is 0. The Labute approximate surface area is 120 Å². The predicted octanol–water partition coefficient (Wildman–Crippen LogP) is 3.06. The summed E-state index contributed by atoms with van der Waals surface area (Å²) in [6.45, 7) is 3.05. The summed E-state index contributed by atoms with van der Waals surface area (Å²) in [5, 5.41) is 3.35. The van der Waals surface area contributed by atoms with Gasteiger partial charge in [0, 0.05) is 24.8 Å². The first-order valence-corrected chi connectivity index (χ1v) is 7.81. The number of likely N-dealkylation sites (tertiary alicyclic amines) is 1. The molecule has 2 heterocycles. The summed E-state index contributed by atoms with van der Waals surface area (Å²) in [6, 6.07) is 4.83. The van der Waals surface area contributed by atoms with Crippen molar-refractivity contribution < 1.29 is 4.79 Å². The van der Waals surface area contributed by atoms with Crippen LogP contribution in [0.25, 0.3) is 0 Å². The zero-order valence-electron chi connectivity index (χ0n) is 12.1. The molecule has 1 aliphatic carbocycles. The summed E-state index contributed by atoms with van der Waals surface area (Å²) in [4.78, 5) is 19.0. The monoisotopic (exact) mass is 273 g/mol. The summed E-state index contributed by atoms with van der Waals surface area (Å²) in [6.07, 6.45) is 8.72. The molecule has 2 fully saturated rings. The largest absolute Gasteiger partial charge is 0.367 e. The van der Waals surface area contributed by atoms with Crippen LogP contribution in [-0.4, -0.2) is 34.4 Å². The fourth-order valence-corrected chi connectivity index (χ4v) is 2.90. The highest BCUT2D eigenvalue weighted by Crippen LogP contribution is 2.24. The van der Waals surface area contributed by atoms with Crippen LogP contribution in [-0.2, 0) is 0 Å². The molecule has 4 nitrogen and oxygen atoms in total. The molecule has 3 rings (SSSR count). The topological polar surface area (TPSA) is 45.2 Å². The van der Waals surface area contributed by atoms with Crippen LogP contribution in [0.5, 0.6) is 0 Å². The molecule has 1 aliphatic heterocycles. The third kappa shape index (κ3) is 2.94. The summed E-state index contributed by atoms with van der Waals surface area (Å²) in [5.74, 6) is 1.02. The van der Waals surface area contributed by atoms with E-state index in [1.807, 2.05) is 17.0 Å². The zero-order valence-corrected chi connectivity index (χ0v) is 12.1. The molecular formula is C16H23N3O. The molecule has 2 aliphatic rings. The maximum Gasteiger partial charge on any atom is 0.255 e. The molecule has 20 heavy (non-hydrogen) atoms. The number of carbonyl (C=O) groups is 1. The molecule has 1 amide bonds. The highest BCUT2D eigenvalue weighted by Gasteiger charge is 2.26. The third-order valence-corrected chi connectivity index (χ3v) is 4.30. The Kier molecular flexibility index (Phi) is 3.90. The van der Waals surface area contributed by atoms with E-state index in [2.05, 4.69) is 17.2 Å². The van der Waals surface area contributed by atoms with Crippen LogP contribution in [0.15, 0.2) is 18.3 Å². The first-order valence-electron chi connectivity index (χ1n) is 7.81. The standard InChI is InChI=1S/C16H23N3O/c1-2-14-5-3-4-10-19(14)16(20)12-6-9-15(17-11-12)18-13-7-8-13/h6,9,11,13-14H,2-5,7-8,10H2,1H3,(H,17,18)/t14-/m0/s1. The molecule has 1 aromatic heterocycles. The third-order valence-electron chi connectivity index (χ3n) is 4.30. The highest BCUT2D eigenvalue weighted by atomic mass is 16.2. The summed E-state index contributed by atoms with van der Waals surface area (Å²) in [7, 11) is 0. The van der Waals surface area contributed by atoms with Gasteiger partial charge < -0.3 is 10.2 Å². The van der Waals surface area contributed by atoms with Crippen molar-refractivity contribution in [2.45, 2.75) is 57.5 Å². The van der Waals surface area contributed by atoms with Crippen molar-refractivity contribution in [1.82, 2.24) is 9.88 Å². The zero-order chi connectivity index (χ0) is 13.9. The molecular weight excluding hydrogens is 250 g/mol. The van der Waals surface area contributed by atoms with Crippen LogP contribution < -0.4 is 5.32 Å². The van der Waals surface area contributed by atoms with Crippen molar-refractivity contribution in [3.05, 3.63) is 23.9 Å². The van der Waals surface area contributed by atoms with Crippen LogP contribution in [0.4, 0.5) is 5.82 Å². The van der Waals surface area contributed by atoms with E-state index in [4.69, 9.17) is 0 Å². The van der Waals surface area contributed by atoms with Gasteiger partial charge in [0.1, 0.15) is 5.82 Å². The molecule has 1 saturated carbocycles. The number of nitrogens with one attached hydrogen (secondary N) is 1. The Morgan fingerprint density at radius 3 is 2.85 bits per heavy atom. The maximum atomic E-state index is 12.6. The second-order valence-electron chi connectivity index (χ2n) is 5.91. The first-order chi connectivity index (χ1) is 9.78. The molecule has 108 valence electrons. The number of nitrogens with zero attached hydrogens (tertiary/aromatic N) is 2. The molecule has 1 N–H and O–H groups in total. The SMILES string of the molecule is CC[C@H]1CCCCN1C(=O)c1ccc(NC2CC2)nc1. The minimum atomic E-state index is 0.141. The lowest BCUT2D eigenvalue weighted by Crippen LogP contribution is -2.43. The molecule has 4 heteroatoms. The van der Waals surface area contributed by atoms with Gasteiger partial charge in [0.25, 0.3) is 5.91 Å². The van der Waals surface area contributed by atoms with E-state index in [0.29, 0.717) is 17.6 Å². The van der Waals surface area contributed by atoms with Crippen LogP contribution in [0.3, 0.4) is 0 Å². The van der Waals surface area contributed by atoms with Gasteiger partial charge in [0.05, 0.1) is 5.56 Å². The van der Waals surface area contributed by atoms with Crippen molar-refractivity contribution in [3.63, 3.8) is 0 Å². The van der Waals surface area contributed by atoms with Crippen LogP contribution >= 0.6 is 0 Å². The lowest BCUT2D eigenvalue weighted by atomic mass is 9.99. The second-order valence-corrected chi connectivity index (χ2v) is 5.91. The van der Waals surface area contributed by atoms with Gasteiger partial charge in [-0.3, -0.25) is 4.79 Å². The van der Waals surface area contributed by atoms with Crippen LogP contribution in [0, 0.1) is 0 Å². The lowest BCUT2D eigenvalue weighted by Gasteiger charge is -2.35. The molecule has 1 aromatic rings. The van der Waals surface area contributed by atoms with Gasteiger partial charge in [-0.05, 0) is 50.7 Å². The Balaban J connectivity index is 1.68. The van der Waals surface area contributed by atoms with Crippen molar-refractivity contribution in [2.24, 2.45) is 0 Å². The van der Waals surface area contributed by atoms with Crippen molar-refractivity contribution >= 4 is 11.7 Å². The Morgan fingerprint density at radius 1 is 1.35 bits per heavy atom. The van der Waals surface area contributed by atoms with E-state index >= 15 is 0 Å². The molecule has 1 saturated heterocycles. The van der Waals surface area contributed by atoms with E-state index in [9.17, 15) is 4.79 Å². The normalized spacial score (nSPS) is 22.6. The van der Waals surface area contributed by atoms with Gasteiger partial charge in [0.2, 0.25) is 0 Å². The minimum Gasteiger partial charge on any atom is -0.367 e. The molecule has 0 bridgehead atoms. The van der Waals surface area contributed by atoms with Gasteiger partial charge in [-0.1, -0.05) is 6.92 Å². The van der Waals surface area contributed by atoms with Gasteiger partial charge >= 0.3 is 0 Å². The van der Waals surface area contributed by atoms with E-state index in [1.54, 1.807) is 6.20 Å². The number of carbonyl (C=O) groups excluding carboxylic acids is 1. The Morgan fingerprint density at radius 2 is 2.20 bits per heavy atom. The molecule has 0 spiro atoms. The number of anilines is 1. The number of amides is 1. The summed E-state index contributed by atoms with van der Waals surface area (Å²) < 4.78 is 0. The van der Waals surface area contributed by atoms with Gasteiger partial charge in [-0.15, -0.1) is 0 Å². The molecule has 1 atom stereocenters. The highest BCUT2D eigenvalue weighted by molar-refractivity contribution is 5.94. The van der Waals surface area contributed by atoms with Gasteiger partial charge in [-0.2, -0.15) is 0 Å². The van der Waals surface area contributed by atoms with E-state index in [1.165, 1.54) is 19.3 Å². The van der Waals surface area contributed by atoms with Crippen molar-refractivity contribution in [1.29, 1.82) is 0 Å². The smallest absolute Gasteiger partial charge is 0.255 e. The quantitative estimate of drug-likeness (QED) is 0.917. The van der Waals surface area contributed by atoms with Gasteiger partial charge in [0.15, 0.2) is 0 Å². The summed E-state index contributed by atoms with van der Waals surface area (Å²) in [5.41, 5.74) is 0.715. The fraction of sp³-hybridized carbons (Fsp3) is 0.625. The van der Waals surface area contributed by atoms with E-state index in [-0.39, 0.29) is 5.91 Å². The van der Waals surface area contributed by atoms with Crippen LogP contribution in [0.1, 0.15) is 55.8 Å². The van der Waals surface area contributed by atoms with Crippen LogP contribution in [0.2, 0.25) is 0 Å². The maximum absolute atomic E-state index is 12.6. The van der Waals surface area contributed by atoms with E-state index < -0.39 is 0 Å². The lowest BCUT2D eigenvalue weighted by molar-refractivity contribution is 0.0607. The number of piperidine rings is 1. The number of hydrogen-bond acceptors (Lipinski definition) is 3. The number of aromatic nitrogens is 1. The Bertz CT molecular complexity index is 467. The Hall–Kier alpha value is -1.58. The van der Waals surface area contributed by atoms with Crippen molar-refractivity contribution in [3.8, 4) is 0 Å². The van der Waals surface area contributed by atoms with Crippen molar-refractivity contribution in [2.75, 3.05) is 11.9 Å². The first kappa shape index (κ1) is 13.4. The predicted molar refractivity (Wildman–Crippen MR) is 79.8 cm³/mol. The molecule has 0 unspecified atom stereocenters. The minimum absolute atomic E-state index is 0.141. The van der Waals surface area contributed by atoms with Gasteiger partial charge in [-0.25, -0.2) is 4.98 Å². The number of rotatable bonds is 4. The molecule has 0 aromatic carbocycles. The average molecular weight is 273 g/mol. The number of hydrogen-bond donors (Lipinski definition) is 1. The number of pyridine rings is 1. The molecule has 0 radical (unpaired) electrons. The van der Waals surface area contributed by atoms with E-state index in [0.717, 1.165) is 31.6 Å².